The zero-order valence-electron chi connectivity index (χ0n) is 13.5. The maximum atomic E-state index is 12.5. The van der Waals surface area contributed by atoms with Crippen molar-refractivity contribution < 1.29 is 4.79 Å². The Balaban J connectivity index is 1.62. The molecule has 120 valence electrons. The molecule has 3 fully saturated rings. The third-order valence-electron chi connectivity index (χ3n) is 5.51. The highest BCUT2D eigenvalue weighted by Crippen LogP contribution is 2.41. The number of aryl methyl sites for hydroxylation is 1. The van der Waals surface area contributed by atoms with Gasteiger partial charge in [0.2, 0.25) is 5.91 Å². The van der Waals surface area contributed by atoms with Gasteiger partial charge >= 0.3 is 0 Å². The molecule has 1 aromatic heterocycles. The lowest BCUT2D eigenvalue weighted by Crippen LogP contribution is -2.54. The molecule has 0 radical (unpaired) electrons. The molecule has 2 saturated carbocycles. The standard InChI is InChI=1S/C17H26N4O/c1-11(12-3-4-12)19-14-7-8-15(22)21(13-5-6-13)16(14)17-18-9-10-20(17)2/h9-14,16,19H,3-8H2,1-2H3/t11?,14-,16-/m1/s1. The highest BCUT2D eigenvalue weighted by Gasteiger charge is 2.46. The molecule has 5 nitrogen and oxygen atoms in total. The number of carbonyl (C=O) groups is 1. The van der Waals surface area contributed by atoms with E-state index in [9.17, 15) is 4.79 Å². The first-order valence-corrected chi connectivity index (χ1v) is 8.69. The fraction of sp³-hybridized carbons (Fsp3) is 0.765. The van der Waals surface area contributed by atoms with Gasteiger partial charge in [0.1, 0.15) is 11.9 Å². The summed E-state index contributed by atoms with van der Waals surface area (Å²) in [6, 6.07) is 1.40. The number of hydrogen-bond donors (Lipinski definition) is 1. The van der Waals surface area contributed by atoms with E-state index < -0.39 is 0 Å². The lowest BCUT2D eigenvalue weighted by Gasteiger charge is -2.42. The van der Waals surface area contributed by atoms with Crippen molar-refractivity contribution in [3.63, 3.8) is 0 Å². The van der Waals surface area contributed by atoms with Crippen molar-refractivity contribution in [2.24, 2.45) is 13.0 Å². The van der Waals surface area contributed by atoms with E-state index >= 15 is 0 Å². The van der Waals surface area contributed by atoms with Crippen LogP contribution in [0, 0.1) is 5.92 Å². The number of nitrogens with zero attached hydrogens (tertiary/aromatic N) is 3. The number of carbonyl (C=O) groups excluding carboxylic acids is 1. The number of imidazole rings is 1. The third-order valence-corrected chi connectivity index (χ3v) is 5.51. The van der Waals surface area contributed by atoms with Crippen molar-refractivity contribution in [1.82, 2.24) is 19.8 Å². The SMILES string of the molecule is CC(N[C@@H]1CCC(=O)N(C2CC2)[C@H]1c1nccn1C)C1CC1. The van der Waals surface area contributed by atoms with Gasteiger partial charge in [-0.05, 0) is 44.9 Å². The van der Waals surface area contributed by atoms with Gasteiger partial charge in [0, 0.05) is 44.0 Å². The molecule has 1 saturated heterocycles. The number of piperidine rings is 1. The minimum atomic E-state index is 0.0925. The predicted molar refractivity (Wildman–Crippen MR) is 84.2 cm³/mol. The van der Waals surface area contributed by atoms with Crippen molar-refractivity contribution in [2.45, 2.75) is 69.6 Å². The van der Waals surface area contributed by atoms with E-state index in [0.717, 1.165) is 31.0 Å². The molecule has 0 bridgehead atoms. The molecule has 1 N–H and O–H groups in total. The van der Waals surface area contributed by atoms with Gasteiger partial charge in [0.15, 0.2) is 0 Å². The summed E-state index contributed by atoms with van der Waals surface area (Å²) < 4.78 is 2.08. The second kappa shape index (κ2) is 5.37. The molecule has 3 aliphatic rings. The van der Waals surface area contributed by atoms with Crippen LogP contribution in [-0.2, 0) is 11.8 Å². The first-order chi connectivity index (χ1) is 10.6. The van der Waals surface area contributed by atoms with Gasteiger partial charge in [0.05, 0.1) is 0 Å². The molecule has 1 aromatic rings. The highest BCUT2D eigenvalue weighted by molar-refractivity contribution is 5.78. The van der Waals surface area contributed by atoms with Crippen molar-refractivity contribution in [1.29, 1.82) is 0 Å². The zero-order chi connectivity index (χ0) is 15.3. The second-order valence-electron chi connectivity index (χ2n) is 7.31. The van der Waals surface area contributed by atoms with E-state index in [1.807, 2.05) is 19.4 Å². The fourth-order valence-corrected chi connectivity index (χ4v) is 3.91. The average Bonchev–Trinajstić information content (AvgIpc) is 3.39. The van der Waals surface area contributed by atoms with Gasteiger partial charge in [-0.1, -0.05) is 0 Å². The maximum absolute atomic E-state index is 12.5. The molecule has 0 spiro atoms. The Morgan fingerprint density at radius 3 is 2.64 bits per heavy atom. The van der Waals surface area contributed by atoms with Crippen LogP contribution < -0.4 is 5.32 Å². The van der Waals surface area contributed by atoms with E-state index in [1.165, 1.54) is 12.8 Å². The number of amides is 1. The minimum absolute atomic E-state index is 0.0925. The smallest absolute Gasteiger partial charge is 0.223 e. The topological polar surface area (TPSA) is 50.2 Å². The molecule has 0 aromatic carbocycles. The van der Waals surface area contributed by atoms with E-state index in [1.54, 1.807) is 0 Å². The monoisotopic (exact) mass is 302 g/mol. The molecule has 2 heterocycles. The van der Waals surface area contributed by atoms with E-state index in [-0.39, 0.29) is 6.04 Å². The van der Waals surface area contributed by atoms with Gasteiger partial charge in [-0.25, -0.2) is 4.98 Å². The Morgan fingerprint density at radius 2 is 2.05 bits per heavy atom. The van der Waals surface area contributed by atoms with Crippen molar-refractivity contribution in [3.05, 3.63) is 18.2 Å². The summed E-state index contributed by atoms with van der Waals surface area (Å²) in [5, 5.41) is 3.83. The van der Waals surface area contributed by atoms with Crippen LogP contribution in [0.3, 0.4) is 0 Å². The summed E-state index contributed by atoms with van der Waals surface area (Å²) in [5.41, 5.74) is 0. The molecule has 1 aliphatic heterocycles. The zero-order valence-corrected chi connectivity index (χ0v) is 13.5. The maximum Gasteiger partial charge on any atom is 0.223 e. The molecule has 5 heteroatoms. The third kappa shape index (κ3) is 2.56. The number of likely N-dealkylation sites (tertiary alicyclic amines) is 1. The van der Waals surface area contributed by atoms with E-state index in [4.69, 9.17) is 0 Å². The van der Waals surface area contributed by atoms with E-state index in [0.29, 0.717) is 30.5 Å². The second-order valence-corrected chi connectivity index (χ2v) is 7.31. The predicted octanol–water partition coefficient (Wildman–Crippen LogP) is 2.00. The Hall–Kier alpha value is -1.36. The largest absolute Gasteiger partial charge is 0.336 e. The summed E-state index contributed by atoms with van der Waals surface area (Å²) in [4.78, 5) is 19.3. The molecular weight excluding hydrogens is 276 g/mol. The lowest BCUT2D eigenvalue weighted by molar-refractivity contribution is -0.139. The van der Waals surface area contributed by atoms with Crippen LogP contribution in [-0.4, -0.2) is 38.5 Å². The molecule has 3 atom stereocenters. The van der Waals surface area contributed by atoms with Crippen LogP contribution in [0.1, 0.15) is 57.3 Å². The lowest BCUT2D eigenvalue weighted by atomic mass is 9.93. The normalized spacial score (nSPS) is 30.6. The number of aromatic nitrogens is 2. The van der Waals surface area contributed by atoms with Gasteiger partial charge in [-0.15, -0.1) is 0 Å². The van der Waals surface area contributed by atoms with Crippen LogP contribution in [0.4, 0.5) is 0 Å². The summed E-state index contributed by atoms with van der Waals surface area (Å²) in [5.74, 6) is 2.17. The number of nitrogens with one attached hydrogen (secondary N) is 1. The van der Waals surface area contributed by atoms with Crippen LogP contribution in [0.2, 0.25) is 0 Å². The summed E-state index contributed by atoms with van der Waals surface area (Å²) in [6.45, 7) is 2.30. The number of hydrogen-bond acceptors (Lipinski definition) is 3. The van der Waals surface area contributed by atoms with Crippen molar-refractivity contribution in [2.75, 3.05) is 0 Å². The Bertz CT molecular complexity index is 561. The van der Waals surface area contributed by atoms with Gasteiger partial charge in [0.25, 0.3) is 0 Å². The highest BCUT2D eigenvalue weighted by atomic mass is 16.2. The average molecular weight is 302 g/mol. The van der Waals surface area contributed by atoms with Crippen molar-refractivity contribution in [3.8, 4) is 0 Å². The summed E-state index contributed by atoms with van der Waals surface area (Å²) in [6.07, 6.45) is 10.4. The molecule has 1 amide bonds. The Kier molecular flexibility index (Phi) is 3.48. The quantitative estimate of drug-likeness (QED) is 0.905. The van der Waals surface area contributed by atoms with Crippen LogP contribution >= 0.6 is 0 Å². The molecule has 22 heavy (non-hydrogen) atoms. The van der Waals surface area contributed by atoms with Crippen molar-refractivity contribution >= 4 is 5.91 Å². The first kappa shape index (κ1) is 14.2. The molecular formula is C17H26N4O. The van der Waals surface area contributed by atoms with Gasteiger partial charge in [-0.3, -0.25) is 4.79 Å². The molecule has 1 unspecified atom stereocenters. The van der Waals surface area contributed by atoms with Gasteiger partial charge < -0.3 is 14.8 Å². The Morgan fingerprint density at radius 1 is 1.27 bits per heavy atom. The minimum Gasteiger partial charge on any atom is -0.336 e. The summed E-state index contributed by atoms with van der Waals surface area (Å²) >= 11 is 0. The van der Waals surface area contributed by atoms with E-state index in [2.05, 4.69) is 26.7 Å². The first-order valence-electron chi connectivity index (χ1n) is 8.69. The molecule has 4 rings (SSSR count). The van der Waals surface area contributed by atoms with Crippen LogP contribution in [0.25, 0.3) is 0 Å². The van der Waals surface area contributed by atoms with Gasteiger partial charge in [-0.2, -0.15) is 0 Å². The fourth-order valence-electron chi connectivity index (χ4n) is 3.91. The Labute approximate surface area is 132 Å². The summed E-state index contributed by atoms with van der Waals surface area (Å²) in [7, 11) is 2.04. The van der Waals surface area contributed by atoms with Crippen LogP contribution in [0.5, 0.6) is 0 Å². The molecule has 2 aliphatic carbocycles. The number of rotatable bonds is 5. The van der Waals surface area contributed by atoms with Crippen LogP contribution in [0.15, 0.2) is 12.4 Å².